The van der Waals surface area contributed by atoms with Gasteiger partial charge < -0.3 is 15.5 Å². The van der Waals surface area contributed by atoms with Crippen LogP contribution in [0.15, 0.2) is 66.0 Å². The Morgan fingerprint density at radius 2 is 2.09 bits per heavy atom. The van der Waals surface area contributed by atoms with Gasteiger partial charge in [-0.15, -0.1) is 0 Å². The number of benzene rings is 1. The fourth-order valence-corrected chi connectivity index (χ4v) is 2.40. The lowest BCUT2D eigenvalue weighted by Gasteiger charge is -2.28. The van der Waals surface area contributed by atoms with Crippen LogP contribution in [0.2, 0.25) is 0 Å². The zero-order chi connectivity index (χ0) is 15.8. The first-order valence-corrected chi connectivity index (χ1v) is 7.48. The number of hydrogen-bond acceptors (Lipinski definition) is 3. The molecule has 1 aliphatic rings. The van der Waals surface area contributed by atoms with Gasteiger partial charge in [-0.05, 0) is 30.2 Å². The summed E-state index contributed by atoms with van der Waals surface area (Å²) in [6.07, 6.45) is 9.99. The fraction of sp³-hybridized carbons (Fsp3) is 0.278. The second kappa shape index (κ2) is 8.20. The summed E-state index contributed by atoms with van der Waals surface area (Å²) in [5, 5.41) is 0. The lowest BCUT2D eigenvalue weighted by atomic mass is 10.1. The average molecular weight is 297 g/mol. The Morgan fingerprint density at radius 3 is 2.77 bits per heavy atom. The summed E-state index contributed by atoms with van der Waals surface area (Å²) in [6, 6.07) is 10.0. The predicted octanol–water partition coefficient (Wildman–Crippen LogP) is 2.26. The Hall–Kier alpha value is -2.33. The van der Waals surface area contributed by atoms with Crippen LogP contribution in [-0.4, -0.2) is 36.3 Å². The number of hydrogen-bond donors (Lipinski definition) is 1. The topological polar surface area (TPSA) is 49.6 Å². The Balaban J connectivity index is 2.13. The minimum atomic E-state index is 0.587. The van der Waals surface area contributed by atoms with Gasteiger partial charge in [0, 0.05) is 18.9 Å². The van der Waals surface area contributed by atoms with E-state index in [9.17, 15) is 4.79 Å². The van der Waals surface area contributed by atoms with Crippen molar-refractivity contribution >= 4 is 6.41 Å². The van der Waals surface area contributed by atoms with Gasteiger partial charge in [-0.3, -0.25) is 4.79 Å². The molecule has 4 heteroatoms. The molecule has 0 saturated carbocycles. The molecule has 2 N–H and O–H groups in total. The summed E-state index contributed by atoms with van der Waals surface area (Å²) in [7, 11) is 2.01. The van der Waals surface area contributed by atoms with Gasteiger partial charge in [0.15, 0.2) is 0 Å². The normalized spacial score (nSPS) is 14.7. The molecule has 1 amide bonds. The molecule has 0 bridgehead atoms. The molecule has 22 heavy (non-hydrogen) atoms. The molecule has 0 atom stereocenters. The zero-order valence-corrected chi connectivity index (χ0v) is 13.0. The molecule has 0 aromatic heterocycles. The second-order valence-electron chi connectivity index (χ2n) is 5.38. The SMILES string of the molecule is CN1C=C(C=CCCN)C=C(N(C=O)Cc2ccccc2)C1. The van der Waals surface area contributed by atoms with E-state index in [2.05, 4.69) is 23.3 Å². The summed E-state index contributed by atoms with van der Waals surface area (Å²) in [5.74, 6) is 0. The molecular weight excluding hydrogens is 274 g/mol. The molecule has 116 valence electrons. The molecule has 1 aromatic carbocycles. The number of likely N-dealkylation sites (N-methyl/N-ethyl adjacent to an activating group) is 1. The minimum Gasteiger partial charge on any atom is -0.374 e. The van der Waals surface area contributed by atoms with E-state index in [1.54, 1.807) is 4.90 Å². The smallest absolute Gasteiger partial charge is 0.214 e. The average Bonchev–Trinajstić information content (AvgIpc) is 2.53. The maximum Gasteiger partial charge on any atom is 0.214 e. The highest BCUT2D eigenvalue weighted by atomic mass is 16.1. The molecule has 1 heterocycles. The summed E-state index contributed by atoms with van der Waals surface area (Å²) in [4.78, 5) is 15.3. The number of allylic oxidation sites excluding steroid dienone is 3. The molecule has 4 nitrogen and oxygen atoms in total. The third-order valence-corrected chi connectivity index (χ3v) is 3.45. The van der Waals surface area contributed by atoms with Crippen LogP contribution in [0.1, 0.15) is 12.0 Å². The fourth-order valence-electron chi connectivity index (χ4n) is 2.40. The third-order valence-electron chi connectivity index (χ3n) is 3.45. The Kier molecular flexibility index (Phi) is 5.98. The van der Waals surface area contributed by atoms with Crippen molar-refractivity contribution in [1.82, 2.24) is 9.80 Å². The first-order valence-electron chi connectivity index (χ1n) is 7.48. The molecule has 0 saturated heterocycles. The van der Waals surface area contributed by atoms with Gasteiger partial charge in [-0.2, -0.15) is 0 Å². The first kappa shape index (κ1) is 16.0. The monoisotopic (exact) mass is 297 g/mol. The summed E-state index contributed by atoms with van der Waals surface area (Å²) >= 11 is 0. The largest absolute Gasteiger partial charge is 0.374 e. The maximum absolute atomic E-state index is 11.5. The van der Waals surface area contributed by atoms with Crippen molar-refractivity contribution in [1.29, 1.82) is 0 Å². The van der Waals surface area contributed by atoms with Crippen LogP contribution in [-0.2, 0) is 11.3 Å². The Morgan fingerprint density at radius 1 is 1.32 bits per heavy atom. The van der Waals surface area contributed by atoms with Crippen molar-refractivity contribution in [2.45, 2.75) is 13.0 Å². The summed E-state index contributed by atoms with van der Waals surface area (Å²) in [6.45, 7) is 1.95. The number of nitrogens with zero attached hydrogens (tertiary/aromatic N) is 2. The second-order valence-corrected chi connectivity index (χ2v) is 5.38. The lowest BCUT2D eigenvalue weighted by Crippen LogP contribution is -2.30. The number of nitrogens with two attached hydrogens (primary N) is 1. The van der Waals surface area contributed by atoms with Crippen molar-refractivity contribution in [3.63, 3.8) is 0 Å². The summed E-state index contributed by atoms with van der Waals surface area (Å²) < 4.78 is 0. The van der Waals surface area contributed by atoms with Gasteiger partial charge in [-0.25, -0.2) is 0 Å². The van der Waals surface area contributed by atoms with Crippen LogP contribution < -0.4 is 5.73 Å². The predicted molar refractivity (Wildman–Crippen MR) is 89.7 cm³/mol. The van der Waals surface area contributed by atoms with Crippen LogP contribution in [0.3, 0.4) is 0 Å². The van der Waals surface area contributed by atoms with E-state index in [-0.39, 0.29) is 0 Å². The van der Waals surface area contributed by atoms with E-state index in [1.807, 2.05) is 43.5 Å². The first-order chi connectivity index (χ1) is 10.7. The number of carbonyl (C=O) groups is 1. The summed E-state index contributed by atoms with van der Waals surface area (Å²) in [5.41, 5.74) is 8.70. The zero-order valence-electron chi connectivity index (χ0n) is 13.0. The number of carbonyl (C=O) groups excluding carboxylic acids is 1. The van der Waals surface area contributed by atoms with Gasteiger partial charge in [-0.1, -0.05) is 42.5 Å². The van der Waals surface area contributed by atoms with E-state index < -0.39 is 0 Å². The van der Waals surface area contributed by atoms with Gasteiger partial charge >= 0.3 is 0 Å². The van der Waals surface area contributed by atoms with E-state index in [0.717, 1.165) is 36.2 Å². The van der Waals surface area contributed by atoms with Gasteiger partial charge in [0.25, 0.3) is 0 Å². The highest BCUT2D eigenvalue weighted by molar-refractivity contribution is 5.53. The Labute approximate surface area is 132 Å². The van der Waals surface area contributed by atoms with Gasteiger partial charge in [0.1, 0.15) is 0 Å². The minimum absolute atomic E-state index is 0.587. The highest BCUT2D eigenvalue weighted by Crippen LogP contribution is 2.18. The van der Waals surface area contributed by atoms with E-state index >= 15 is 0 Å². The van der Waals surface area contributed by atoms with Gasteiger partial charge in [0.05, 0.1) is 13.1 Å². The standard InChI is InChI=1S/C18H23N3O/c1-20-12-17(9-5-6-10-19)11-18(14-20)21(15-22)13-16-7-3-2-4-8-16/h2-5,7-9,11-12,15H,6,10,13-14,19H2,1H3. The van der Waals surface area contributed by atoms with Crippen LogP contribution in [0.25, 0.3) is 0 Å². The van der Waals surface area contributed by atoms with Crippen LogP contribution in [0.4, 0.5) is 0 Å². The van der Waals surface area contributed by atoms with Crippen molar-refractivity contribution in [3.8, 4) is 0 Å². The quantitative estimate of drug-likeness (QED) is 0.785. The highest BCUT2D eigenvalue weighted by Gasteiger charge is 2.14. The molecule has 1 aliphatic heterocycles. The molecule has 2 rings (SSSR count). The van der Waals surface area contributed by atoms with Crippen molar-refractivity contribution in [2.75, 3.05) is 20.1 Å². The maximum atomic E-state index is 11.5. The molecule has 0 aliphatic carbocycles. The molecule has 0 fully saturated rings. The van der Waals surface area contributed by atoms with E-state index in [4.69, 9.17) is 5.73 Å². The molecular formula is C18H23N3O. The van der Waals surface area contributed by atoms with Crippen LogP contribution in [0, 0.1) is 0 Å². The molecule has 0 unspecified atom stereocenters. The van der Waals surface area contributed by atoms with Crippen molar-refractivity contribution in [3.05, 3.63) is 71.6 Å². The van der Waals surface area contributed by atoms with Crippen molar-refractivity contribution < 1.29 is 4.79 Å². The van der Waals surface area contributed by atoms with Crippen LogP contribution >= 0.6 is 0 Å². The number of amides is 1. The van der Waals surface area contributed by atoms with E-state index in [0.29, 0.717) is 13.1 Å². The lowest BCUT2D eigenvalue weighted by molar-refractivity contribution is -0.117. The third kappa shape index (κ3) is 4.60. The Bertz CT molecular complexity index is 575. The molecule has 1 aromatic rings. The van der Waals surface area contributed by atoms with Gasteiger partial charge in [0.2, 0.25) is 6.41 Å². The number of rotatable bonds is 7. The molecule has 0 spiro atoms. The van der Waals surface area contributed by atoms with Crippen molar-refractivity contribution in [2.24, 2.45) is 5.73 Å². The van der Waals surface area contributed by atoms with Crippen LogP contribution in [0.5, 0.6) is 0 Å². The molecule has 0 radical (unpaired) electrons. The van der Waals surface area contributed by atoms with E-state index in [1.165, 1.54) is 0 Å².